The summed E-state index contributed by atoms with van der Waals surface area (Å²) in [5.74, 6) is 0.887. The Hall–Kier alpha value is -1.49. The van der Waals surface area contributed by atoms with Gasteiger partial charge in [-0.1, -0.05) is 40.3 Å². The Kier molecular flexibility index (Phi) is 4.57. The third-order valence-electron chi connectivity index (χ3n) is 3.16. The van der Waals surface area contributed by atoms with Crippen LogP contribution in [-0.2, 0) is 0 Å². The first-order valence-corrected chi connectivity index (χ1v) is 6.23. The lowest BCUT2D eigenvalue weighted by Gasteiger charge is -2.28. The molecule has 0 aromatic rings. The molecule has 1 aliphatic rings. The number of rotatable bonds is 4. The molecule has 2 heteroatoms. The van der Waals surface area contributed by atoms with Crippen molar-refractivity contribution in [3.63, 3.8) is 0 Å². The van der Waals surface area contributed by atoms with Crippen molar-refractivity contribution in [2.45, 2.75) is 34.1 Å². The van der Waals surface area contributed by atoms with E-state index in [2.05, 4.69) is 51.7 Å². The lowest BCUT2D eigenvalue weighted by Crippen LogP contribution is -2.22. The van der Waals surface area contributed by atoms with Gasteiger partial charge in [0.05, 0.1) is 12.0 Å². The fraction of sp³-hybridized carbons (Fsp3) is 0.533. The summed E-state index contributed by atoms with van der Waals surface area (Å²) in [6.07, 6.45) is 4.66. The molecule has 0 radical (unpaired) electrons. The Morgan fingerprint density at radius 2 is 2.06 bits per heavy atom. The summed E-state index contributed by atoms with van der Waals surface area (Å²) < 4.78 is 0. The standard InChI is InChI=1S/C15H22N2/c1-6-17-15-13(10(2)3)7-12(9-16)8-14(15)11(4)5/h6-7,10-12,17H,1,8H2,2-5H3. The zero-order valence-electron chi connectivity index (χ0n) is 11.2. The molecule has 0 amide bonds. The van der Waals surface area contributed by atoms with Crippen molar-refractivity contribution in [3.05, 3.63) is 35.7 Å². The van der Waals surface area contributed by atoms with E-state index in [1.165, 1.54) is 16.8 Å². The van der Waals surface area contributed by atoms with E-state index < -0.39 is 0 Å². The van der Waals surface area contributed by atoms with Crippen LogP contribution in [0.1, 0.15) is 34.1 Å². The van der Waals surface area contributed by atoms with Crippen molar-refractivity contribution in [1.82, 2.24) is 5.32 Å². The van der Waals surface area contributed by atoms with Crippen molar-refractivity contribution in [3.8, 4) is 6.07 Å². The Balaban J connectivity index is 3.24. The molecule has 0 aromatic heterocycles. The molecule has 0 aromatic carbocycles. The van der Waals surface area contributed by atoms with Crippen molar-refractivity contribution in [2.75, 3.05) is 0 Å². The number of allylic oxidation sites excluding steroid dienone is 3. The molecule has 2 nitrogen and oxygen atoms in total. The number of nitrogens with one attached hydrogen (secondary N) is 1. The van der Waals surface area contributed by atoms with Crippen LogP contribution in [0.5, 0.6) is 0 Å². The predicted octanol–water partition coefficient (Wildman–Crippen LogP) is 3.76. The van der Waals surface area contributed by atoms with E-state index in [0.29, 0.717) is 11.8 Å². The van der Waals surface area contributed by atoms with Crippen LogP contribution >= 0.6 is 0 Å². The van der Waals surface area contributed by atoms with Crippen LogP contribution < -0.4 is 5.32 Å². The van der Waals surface area contributed by atoms with Gasteiger partial charge in [0.1, 0.15) is 0 Å². The Bertz CT molecular complexity index is 392. The zero-order valence-corrected chi connectivity index (χ0v) is 11.2. The third kappa shape index (κ3) is 3.00. The first kappa shape index (κ1) is 13.6. The topological polar surface area (TPSA) is 35.8 Å². The smallest absolute Gasteiger partial charge is 0.0701 e. The van der Waals surface area contributed by atoms with Gasteiger partial charge < -0.3 is 5.32 Å². The number of hydrogen-bond acceptors (Lipinski definition) is 2. The van der Waals surface area contributed by atoms with Gasteiger partial charge in [0, 0.05) is 5.70 Å². The van der Waals surface area contributed by atoms with Gasteiger partial charge in [-0.15, -0.1) is 0 Å². The van der Waals surface area contributed by atoms with Gasteiger partial charge in [-0.2, -0.15) is 5.26 Å². The fourth-order valence-corrected chi connectivity index (χ4v) is 2.25. The zero-order chi connectivity index (χ0) is 13.0. The molecule has 92 valence electrons. The van der Waals surface area contributed by atoms with Crippen molar-refractivity contribution < 1.29 is 0 Å². The first-order valence-electron chi connectivity index (χ1n) is 6.23. The molecule has 1 unspecified atom stereocenters. The maximum atomic E-state index is 9.15. The summed E-state index contributed by atoms with van der Waals surface area (Å²) in [4.78, 5) is 0. The average Bonchev–Trinajstić information content (AvgIpc) is 2.28. The summed E-state index contributed by atoms with van der Waals surface area (Å²) in [6, 6.07) is 2.37. The molecular weight excluding hydrogens is 208 g/mol. The van der Waals surface area contributed by atoms with Crippen LogP contribution in [-0.4, -0.2) is 0 Å². The van der Waals surface area contributed by atoms with E-state index >= 15 is 0 Å². The first-order chi connectivity index (χ1) is 8.01. The molecule has 1 atom stereocenters. The third-order valence-corrected chi connectivity index (χ3v) is 3.16. The fourth-order valence-electron chi connectivity index (χ4n) is 2.25. The number of nitrogens with zero attached hydrogens (tertiary/aromatic N) is 1. The highest BCUT2D eigenvalue weighted by Crippen LogP contribution is 2.34. The lowest BCUT2D eigenvalue weighted by molar-refractivity contribution is 0.613. The minimum atomic E-state index is 0.0140. The van der Waals surface area contributed by atoms with Gasteiger partial charge in [-0.25, -0.2) is 0 Å². The Labute approximate surface area is 105 Å². The highest BCUT2D eigenvalue weighted by molar-refractivity contribution is 5.42. The second-order valence-electron chi connectivity index (χ2n) is 5.12. The quantitative estimate of drug-likeness (QED) is 0.798. The van der Waals surface area contributed by atoms with Crippen molar-refractivity contribution >= 4 is 0 Å². The van der Waals surface area contributed by atoms with Gasteiger partial charge in [0.25, 0.3) is 0 Å². The van der Waals surface area contributed by atoms with Gasteiger partial charge in [0.2, 0.25) is 0 Å². The Morgan fingerprint density at radius 3 is 2.47 bits per heavy atom. The van der Waals surface area contributed by atoms with Gasteiger partial charge in [-0.3, -0.25) is 0 Å². The van der Waals surface area contributed by atoms with Crippen LogP contribution in [0.3, 0.4) is 0 Å². The maximum absolute atomic E-state index is 9.15. The molecule has 1 aliphatic carbocycles. The summed E-state index contributed by atoms with van der Waals surface area (Å²) in [5.41, 5.74) is 3.76. The van der Waals surface area contributed by atoms with Gasteiger partial charge in [-0.05, 0) is 35.6 Å². The molecule has 1 N–H and O–H groups in total. The number of hydrogen-bond donors (Lipinski definition) is 1. The molecule has 0 saturated carbocycles. The van der Waals surface area contributed by atoms with Gasteiger partial charge in [0.15, 0.2) is 0 Å². The predicted molar refractivity (Wildman–Crippen MR) is 71.8 cm³/mol. The van der Waals surface area contributed by atoms with Crippen LogP contribution in [0.25, 0.3) is 0 Å². The summed E-state index contributed by atoms with van der Waals surface area (Å²) in [5, 5.41) is 12.4. The molecule has 0 aliphatic heterocycles. The van der Waals surface area contributed by atoms with E-state index in [-0.39, 0.29) is 5.92 Å². The van der Waals surface area contributed by atoms with Crippen LogP contribution in [0.2, 0.25) is 0 Å². The SMILES string of the molecule is C=CNC1=C(C(C)C)CC(C#N)C=C1C(C)C. The molecule has 1 rings (SSSR count). The van der Waals surface area contributed by atoms with Crippen LogP contribution in [0.4, 0.5) is 0 Å². The molecule has 0 fully saturated rings. The molecule has 17 heavy (non-hydrogen) atoms. The molecule has 0 spiro atoms. The number of nitriles is 1. The van der Waals surface area contributed by atoms with Gasteiger partial charge >= 0.3 is 0 Å². The normalized spacial score (nSPS) is 20.3. The van der Waals surface area contributed by atoms with E-state index in [1.54, 1.807) is 6.20 Å². The minimum Gasteiger partial charge on any atom is -0.362 e. The van der Waals surface area contributed by atoms with Crippen molar-refractivity contribution in [2.24, 2.45) is 17.8 Å². The molecule has 0 saturated heterocycles. The summed E-state index contributed by atoms with van der Waals surface area (Å²) in [6.45, 7) is 12.4. The highest BCUT2D eigenvalue weighted by Gasteiger charge is 2.24. The second kappa shape index (κ2) is 5.72. The van der Waals surface area contributed by atoms with Crippen LogP contribution in [0.15, 0.2) is 35.7 Å². The van der Waals surface area contributed by atoms with E-state index in [1.807, 2.05) is 0 Å². The van der Waals surface area contributed by atoms with E-state index in [4.69, 9.17) is 5.26 Å². The molecule has 0 bridgehead atoms. The maximum Gasteiger partial charge on any atom is 0.0701 e. The van der Waals surface area contributed by atoms with E-state index in [9.17, 15) is 0 Å². The second-order valence-corrected chi connectivity index (χ2v) is 5.12. The van der Waals surface area contributed by atoms with E-state index in [0.717, 1.165) is 6.42 Å². The summed E-state index contributed by atoms with van der Waals surface area (Å²) in [7, 11) is 0. The van der Waals surface area contributed by atoms with Crippen LogP contribution in [0, 0.1) is 29.1 Å². The van der Waals surface area contributed by atoms with Crippen molar-refractivity contribution in [1.29, 1.82) is 5.26 Å². The summed E-state index contributed by atoms with van der Waals surface area (Å²) >= 11 is 0. The minimum absolute atomic E-state index is 0.0140. The Morgan fingerprint density at radius 1 is 1.41 bits per heavy atom. The molecular formula is C15H22N2. The average molecular weight is 230 g/mol. The largest absolute Gasteiger partial charge is 0.362 e. The monoisotopic (exact) mass is 230 g/mol. The lowest BCUT2D eigenvalue weighted by atomic mass is 9.80. The molecule has 0 heterocycles. The highest BCUT2D eigenvalue weighted by atomic mass is 14.9.